The summed E-state index contributed by atoms with van der Waals surface area (Å²) >= 11 is 5.30. The third kappa shape index (κ3) is 5.92. The van der Waals surface area contributed by atoms with E-state index < -0.39 is 0 Å². The number of piperazine rings is 1. The first-order valence-corrected chi connectivity index (χ1v) is 11.7. The molecule has 0 aromatic carbocycles. The average molecular weight is 473 g/mol. The Bertz CT molecular complexity index is 650. The standard InChI is InChI=1S/C20H33BrN4O2S/c1-15-11-25(12-16(2)27-15)20(3,4)14-22-19(26)24-9-7-23(8-10-24)13-17-5-6-18(21)28-17/h5-6,15-16H,7-14H2,1-4H3,(H,22,26). The van der Waals surface area contributed by atoms with Crippen molar-refractivity contribution in [1.29, 1.82) is 0 Å². The van der Waals surface area contributed by atoms with E-state index in [-0.39, 0.29) is 23.8 Å². The summed E-state index contributed by atoms with van der Waals surface area (Å²) in [5, 5.41) is 3.17. The maximum absolute atomic E-state index is 12.7. The lowest BCUT2D eigenvalue weighted by molar-refractivity contribution is -0.0948. The van der Waals surface area contributed by atoms with Gasteiger partial charge in [0.1, 0.15) is 0 Å². The van der Waals surface area contributed by atoms with Crippen LogP contribution in [0.25, 0.3) is 0 Å². The van der Waals surface area contributed by atoms with Gasteiger partial charge in [-0.1, -0.05) is 0 Å². The van der Waals surface area contributed by atoms with E-state index in [0.29, 0.717) is 6.54 Å². The van der Waals surface area contributed by atoms with E-state index in [9.17, 15) is 4.79 Å². The SMILES string of the molecule is CC1CN(C(C)(C)CNC(=O)N2CCN(Cc3ccc(Br)s3)CC2)CC(C)O1. The summed E-state index contributed by atoms with van der Waals surface area (Å²) in [4.78, 5) is 20.8. The van der Waals surface area contributed by atoms with E-state index in [2.05, 4.69) is 70.9 Å². The van der Waals surface area contributed by atoms with Crippen molar-refractivity contribution in [2.24, 2.45) is 0 Å². The van der Waals surface area contributed by atoms with Crippen LogP contribution in [0.5, 0.6) is 0 Å². The molecule has 1 aromatic rings. The van der Waals surface area contributed by atoms with E-state index in [0.717, 1.165) is 45.8 Å². The molecule has 28 heavy (non-hydrogen) atoms. The Morgan fingerprint density at radius 1 is 1.21 bits per heavy atom. The van der Waals surface area contributed by atoms with Crippen molar-refractivity contribution >= 4 is 33.3 Å². The zero-order valence-electron chi connectivity index (χ0n) is 17.4. The van der Waals surface area contributed by atoms with Crippen molar-refractivity contribution in [3.05, 3.63) is 20.8 Å². The molecule has 2 amide bonds. The van der Waals surface area contributed by atoms with Crippen LogP contribution in [-0.2, 0) is 11.3 Å². The van der Waals surface area contributed by atoms with E-state index in [1.807, 2.05) is 4.90 Å². The van der Waals surface area contributed by atoms with Crippen LogP contribution in [0.2, 0.25) is 0 Å². The highest BCUT2D eigenvalue weighted by Crippen LogP contribution is 2.24. The largest absolute Gasteiger partial charge is 0.373 e. The predicted molar refractivity (Wildman–Crippen MR) is 118 cm³/mol. The quantitative estimate of drug-likeness (QED) is 0.714. The van der Waals surface area contributed by atoms with Crippen molar-refractivity contribution in [2.45, 2.75) is 52.0 Å². The third-order valence-corrected chi connectivity index (χ3v) is 7.22. The molecule has 2 saturated heterocycles. The molecule has 8 heteroatoms. The molecule has 0 saturated carbocycles. The lowest BCUT2D eigenvalue weighted by Crippen LogP contribution is -2.60. The number of hydrogen-bond donors (Lipinski definition) is 1. The van der Waals surface area contributed by atoms with Crippen LogP contribution < -0.4 is 5.32 Å². The Labute approximate surface area is 181 Å². The first kappa shape index (κ1) is 22.0. The highest BCUT2D eigenvalue weighted by atomic mass is 79.9. The molecular formula is C20H33BrN4O2S. The van der Waals surface area contributed by atoms with Gasteiger partial charge in [-0.25, -0.2) is 4.79 Å². The Kier molecular flexibility index (Phi) is 7.42. The van der Waals surface area contributed by atoms with Crippen LogP contribution in [0, 0.1) is 0 Å². The Morgan fingerprint density at radius 3 is 2.43 bits per heavy atom. The van der Waals surface area contributed by atoms with Crippen LogP contribution >= 0.6 is 27.3 Å². The number of carbonyl (C=O) groups is 1. The fraction of sp³-hybridized carbons (Fsp3) is 0.750. The number of morpholine rings is 1. The fourth-order valence-corrected chi connectivity index (χ4v) is 5.48. The lowest BCUT2D eigenvalue weighted by atomic mass is 10.00. The van der Waals surface area contributed by atoms with E-state index in [1.54, 1.807) is 11.3 Å². The van der Waals surface area contributed by atoms with Crippen LogP contribution in [0.15, 0.2) is 15.9 Å². The van der Waals surface area contributed by atoms with Crippen molar-refractivity contribution in [3.8, 4) is 0 Å². The van der Waals surface area contributed by atoms with Crippen LogP contribution in [-0.4, -0.2) is 84.3 Å². The molecule has 158 valence electrons. The van der Waals surface area contributed by atoms with E-state index in [1.165, 1.54) is 8.66 Å². The van der Waals surface area contributed by atoms with Gasteiger partial charge in [0.2, 0.25) is 0 Å². The number of nitrogens with one attached hydrogen (secondary N) is 1. The second-order valence-corrected chi connectivity index (χ2v) is 11.2. The van der Waals surface area contributed by atoms with Gasteiger partial charge in [-0.3, -0.25) is 9.80 Å². The first-order valence-electron chi connectivity index (χ1n) is 10.1. The Balaban J connectivity index is 1.42. The van der Waals surface area contributed by atoms with Crippen molar-refractivity contribution in [1.82, 2.24) is 20.0 Å². The van der Waals surface area contributed by atoms with Crippen molar-refractivity contribution < 1.29 is 9.53 Å². The molecule has 3 heterocycles. The van der Waals surface area contributed by atoms with Gasteiger partial charge < -0.3 is 15.0 Å². The molecule has 3 rings (SSSR count). The summed E-state index contributed by atoms with van der Waals surface area (Å²) in [7, 11) is 0. The fourth-order valence-electron chi connectivity index (χ4n) is 3.95. The molecule has 2 aliphatic heterocycles. The van der Waals surface area contributed by atoms with Gasteiger partial charge in [-0.05, 0) is 55.8 Å². The minimum Gasteiger partial charge on any atom is -0.373 e. The third-order valence-electron chi connectivity index (χ3n) is 5.62. The van der Waals surface area contributed by atoms with Crippen molar-refractivity contribution in [2.75, 3.05) is 45.8 Å². The summed E-state index contributed by atoms with van der Waals surface area (Å²) in [6, 6.07) is 4.32. The van der Waals surface area contributed by atoms with Gasteiger partial charge in [0.05, 0.1) is 16.0 Å². The predicted octanol–water partition coefficient (Wildman–Crippen LogP) is 3.23. The van der Waals surface area contributed by atoms with Gasteiger partial charge >= 0.3 is 6.03 Å². The second kappa shape index (κ2) is 9.43. The van der Waals surface area contributed by atoms with Crippen LogP contribution in [0.1, 0.15) is 32.6 Å². The number of carbonyl (C=O) groups excluding carboxylic acids is 1. The monoisotopic (exact) mass is 472 g/mol. The van der Waals surface area contributed by atoms with Gasteiger partial charge in [0.25, 0.3) is 0 Å². The number of halogens is 1. The molecule has 2 aliphatic rings. The summed E-state index contributed by atoms with van der Waals surface area (Å²) in [6.45, 7) is 15.5. The number of hydrogen-bond acceptors (Lipinski definition) is 5. The molecule has 1 aromatic heterocycles. The van der Waals surface area contributed by atoms with Crippen LogP contribution in [0.4, 0.5) is 4.79 Å². The normalized spacial score (nSPS) is 25.1. The zero-order chi connectivity index (χ0) is 20.3. The summed E-state index contributed by atoms with van der Waals surface area (Å²) in [5.41, 5.74) is -0.0870. The highest BCUT2D eigenvalue weighted by molar-refractivity contribution is 9.11. The number of nitrogens with zero attached hydrogens (tertiary/aromatic N) is 3. The van der Waals surface area contributed by atoms with E-state index in [4.69, 9.17) is 4.74 Å². The maximum atomic E-state index is 12.7. The smallest absolute Gasteiger partial charge is 0.317 e. The minimum atomic E-state index is -0.0870. The van der Waals surface area contributed by atoms with Gasteiger partial charge in [-0.2, -0.15) is 0 Å². The summed E-state index contributed by atoms with van der Waals surface area (Å²) in [5.74, 6) is 0. The Morgan fingerprint density at radius 2 is 1.86 bits per heavy atom. The zero-order valence-corrected chi connectivity index (χ0v) is 19.8. The van der Waals surface area contributed by atoms with Gasteiger partial charge in [0, 0.05) is 62.8 Å². The molecule has 0 radical (unpaired) electrons. The number of amides is 2. The minimum absolute atomic E-state index is 0.0564. The topological polar surface area (TPSA) is 48.1 Å². The molecule has 0 spiro atoms. The maximum Gasteiger partial charge on any atom is 0.317 e. The molecule has 1 N–H and O–H groups in total. The number of ether oxygens (including phenoxy) is 1. The summed E-state index contributed by atoms with van der Waals surface area (Å²) in [6.07, 6.45) is 0.464. The number of urea groups is 1. The van der Waals surface area contributed by atoms with Gasteiger partial charge in [0.15, 0.2) is 0 Å². The molecular weight excluding hydrogens is 440 g/mol. The summed E-state index contributed by atoms with van der Waals surface area (Å²) < 4.78 is 7.02. The molecule has 6 nitrogen and oxygen atoms in total. The molecule has 0 aliphatic carbocycles. The second-order valence-electron chi connectivity index (χ2n) is 8.60. The molecule has 2 atom stereocenters. The lowest BCUT2D eigenvalue weighted by Gasteiger charge is -2.45. The first-order chi connectivity index (χ1) is 13.2. The average Bonchev–Trinajstić information content (AvgIpc) is 3.04. The molecule has 0 bridgehead atoms. The molecule has 2 unspecified atom stereocenters. The Hall–Kier alpha value is -0.670. The van der Waals surface area contributed by atoms with Crippen LogP contribution in [0.3, 0.4) is 0 Å². The number of thiophene rings is 1. The highest BCUT2D eigenvalue weighted by Gasteiger charge is 2.34. The van der Waals surface area contributed by atoms with E-state index >= 15 is 0 Å². The number of rotatable bonds is 5. The van der Waals surface area contributed by atoms with Gasteiger partial charge in [-0.15, -0.1) is 11.3 Å². The molecule has 2 fully saturated rings. The van der Waals surface area contributed by atoms with Crippen molar-refractivity contribution in [3.63, 3.8) is 0 Å².